The van der Waals surface area contributed by atoms with Crippen LogP contribution in [-0.4, -0.2) is 6.54 Å². The Kier molecular flexibility index (Phi) is 5.97. The molecular formula is C17H18Br2FN. The van der Waals surface area contributed by atoms with Crippen LogP contribution < -0.4 is 5.32 Å². The fourth-order valence-corrected chi connectivity index (χ4v) is 3.50. The minimum absolute atomic E-state index is 0.157. The highest BCUT2D eigenvalue weighted by Crippen LogP contribution is 2.28. The topological polar surface area (TPSA) is 12.0 Å². The Labute approximate surface area is 142 Å². The van der Waals surface area contributed by atoms with Crippen molar-refractivity contribution in [3.63, 3.8) is 0 Å². The van der Waals surface area contributed by atoms with Crippen LogP contribution in [0.4, 0.5) is 4.39 Å². The SMILES string of the molecule is CCNC(Cc1cccc(F)c1Br)c1cc(C)cc(Br)c1. The van der Waals surface area contributed by atoms with Crippen molar-refractivity contribution < 1.29 is 4.39 Å². The molecule has 0 saturated carbocycles. The van der Waals surface area contributed by atoms with Gasteiger partial charge in [-0.05, 0) is 70.7 Å². The Balaban J connectivity index is 2.32. The summed E-state index contributed by atoms with van der Waals surface area (Å²) in [6, 6.07) is 11.7. The van der Waals surface area contributed by atoms with Crippen LogP contribution in [0.1, 0.15) is 29.7 Å². The lowest BCUT2D eigenvalue weighted by Gasteiger charge is -2.20. The summed E-state index contributed by atoms with van der Waals surface area (Å²) in [7, 11) is 0. The average molecular weight is 415 g/mol. The van der Waals surface area contributed by atoms with Crippen LogP contribution >= 0.6 is 31.9 Å². The molecule has 1 atom stereocenters. The quantitative estimate of drug-likeness (QED) is 0.675. The zero-order valence-electron chi connectivity index (χ0n) is 12.1. The molecule has 0 aromatic heterocycles. The van der Waals surface area contributed by atoms with Crippen LogP contribution in [0.5, 0.6) is 0 Å². The van der Waals surface area contributed by atoms with Gasteiger partial charge in [-0.1, -0.05) is 41.1 Å². The maximum atomic E-state index is 13.7. The van der Waals surface area contributed by atoms with Gasteiger partial charge in [-0.2, -0.15) is 0 Å². The van der Waals surface area contributed by atoms with Gasteiger partial charge >= 0.3 is 0 Å². The van der Waals surface area contributed by atoms with Crippen LogP contribution in [0.15, 0.2) is 45.3 Å². The third-order valence-electron chi connectivity index (χ3n) is 3.37. The molecule has 1 nitrogen and oxygen atoms in total. The number of halogens is 3. The smallest absolute Gasteiger partial charge is 0.137 e. The molecule has 0 saturated heterocycles. The van der Waals surface area contributed by atoms with Gasteiger partial charge in [-0.25, -0.2) is 4.39 Å². The van der Waals surface area contributed by atoms with Crippen LogP contribution in [0.25, 0.3) is 0 Å². The van der Waals surface area contributed by atoms with Gasteiger partial charge in [-0.15, -0.1) is 0 Å². The monoisotopic (exact) mass is 413 g/mol. The third kappa shape index (κ3) is 4.38. The lowest BCUT2D eigenvalue weighted by atomic mass is 9.97. The van der Waals surface area contributed by atoms with E-state index in [4.69, 9.17) is 0 Å². The first-order valence-corrected chi connectivity index (χ1v) is 8.53. The molecule has 0 aliphatic heterocycles. The summed E-state index contributed by atoms with van der Waals surface area (Å²) in [4.78, 5) is 0. The third-order valence-corrected chi connectivity index (χ3v) is 4.72. The largest absolute Gasteiger partial charge is 0.310 e. The predicted octanol–water partition coefficient (Wildman–Crippen LogP) is 5.55. The molecule has 2 rings (SSSR count). The van der Waals surface area contributed by atoms with E-state index in [0.717, 1.165) is 23.0 Å². The maximum absolute atomic E-state index is 13.7. The molecule has 2 aromatic carbocycles. The Bertz CT molecular complexity index is 608. The number of aryl methyl sites for hydroxylation is 1. The maximum Gasteiger partial charge on any atom is 0.137 e. The lowest BCUT2D eigenvalue weighted by Crippen LogP contribution is -2.23. The number of benzene rings is 2. The van der Waals surface area contributed by atoms with Crippen molar-refractivity contribution in [2.45, 2.75) is 26.3 Å². The lowest BCUT2D eigenvalue weighted by molar-refractivity contribution is 0.544. The number of likely N-dealkylation sites (N-methyl/N-ethyl adjacent to an activating group) is 1. The van der Waals surface area contributed by atoms with Crippen LogP contribution in [-0.2, 0) is 6.42 Å². The predicted molar refractivity (Wildman–Crippen MR) is 93.1 cm³/mol. The molecule has 0 bridgehead atoms. The number of rotatable bonds is 5. The summed E-state index contributed by atoms with van der Waals surface area (Å²) >= 11 is 6.90. The number of nitrogens with one attached hydrogen (secondary N) is 1. The second kappa shape index (κ2) is 7.52. The van der Waals surface area contributed by atoms with E-state index in [1.807, 2.05) is 6.07 Å². The molecule has 0 spiro atoms. The van der Waals surface area contributed by atoms with Crippen LogP contribution in [0, 0.1) is 12.7 Å². The first kappa shape index (κ1) is 16.7. The highest BCUT2D eigenvalue weighted by Gasteiger charge is 2.15. The normalized spacial score (nSPS) is 12.4. The minimum atomic E-state index is -0.215. The van der Waals surface area contributed by atoms with Gasteiger partial charge < -0.3 is 5.32 Å². The van der Waals surface area contributed by atoms with E-state index in [1.165, 1.54) is 17.2 Å². The van der Waals surface area contributed by atoms with E-state index < -0.39 is 0 Å². The molecule has 1 unspecified atom stereocenters. The van der Waals surface area contributed by atoms with Crippen LogP contribution in [0.2, 0.25) is 0 Å². The van der Waals surface area contributed by atoms with Gasteiger partial charge in [0.2, 0.25) is 0 Å². The van der Waals surface area contributed by atoms with E-state index in [-0.39, 0.29) is 11.9 Å². The molecule has 0 fully saturated rings. The summed E-state index contributed by atoms with van der Waals surface area (Å²) < 4.78 is 15.3. The Morgan fingerprint density at radius 1 is 1.19 bits per heavy atom. The Morgan fingerprint density at radius 3 is 2.62 bits per heavy atom. The molecule has 4 heteroatoms. The van der Waals surface area contributed by atoms with Crippen molar-refractivity contribution in [2.75, 3.05) is 6.54 Å². The van der Waals surface area contributed by atoms with Gasteiger partial charge in [0.25, 0.3) is 0 Å². The molecule has 1 N–H and O–H groups in total. The summed E-state index contributed by atoms with van der Waals surface area (Å²) in [6.45, 7) is 5.02. The van der Waals surface area contributed by atoms with Gasteiger partial charge in [0.15, 0.2) is 0 Å². The molecule has 112 valence electrons. The standard InChI is InChI=1S/C17H18Br2FN/c1-3-21-16(13-7-11(2)8-14(18)9-13)10-12-5-4-6-15(20)17(12)19/h4-9,16,21H,3,10H2,1-2H3. The molecule has 0 amide bonds. The van der Waals surface area contributed by atoms with E-state index >= 15 is 0 Å². The van der Waals surface area contributed by atoms with Crippen LogP contribution in [0.3, 0.4) is 0 Å². The fraction of sp³-hybridized carbons (Fsp3) is 0.294. The van der Waals surface area contributed by atoms with E-state index in [9.17, 15) is 4.39 Å². The Morgan fingerprint density at radius 2 is 1.95 bits per heavy atom. The highest BCUT2D eigenvalue weighted by atomic mass is 79.9. The van der Waals surface area contributed by atoms with Gasteiger partial charge in [0.05, 0.1) is 4.47 Å². The van der Waals surface area contributed by atoms with Crippen molar-refractivity contribution in [1.29, 1.82) is 0 Å². The minimum Gasteiger partial charge on any atom is -0.310 e. The van der Waals surface area contributed by atoms with Gasteiger partial charge in [-0.3, -0.25) is 0 Å². The van der Waals surface area contributed by atoms with Crippen molar-refractivity contribution in [1.82, 2.24) is 5.32 Å². The summed E-state index contributed by atoms with van der Waals surface area (Å²) in [6.07, 6.45) is 0.738. The molecular weight excluding hydrogens is 397 g/mol. The van der Waals surface area contributed by atoms with Crippen molar-refractivity contribution in [3.8, 4) is 0 Å². The molecule has 0 heterocycles. The van der Waals surface area contributed by atoms with E-state index in [1.54, 1.807) is 6.07 Å². The summed E-state index contributed by atoms with van der Waals surface area (Å²) in [5.74, 6) is -0.215. The molecule has 0 aliphatic rings. The Hall–Kier alpha value is -0.710. The van der Waals surface area contributed by atoms with E-state index in [0.29, 0.717) is 4.47 Å². The number of hydrogen-bond acceptors (Lipinski definition) is 1. The van der Waals surface area contributed by atoms with Crippen molar-refractivity contribution in [2.24, 2.45) is 0 Å². The molecule has 0 aliphatic carbocycles. The first-order chi connectivity index (χ1) is 10.0. The second-order valence-corrected chi connectivity index (χ2v) is 6.80. The second-order valence-electron chi connectivity index (χ2n) is 5.09. The fourth-order valence-electron chi connectivity index (χ4n) is 2.45. The first-order valence-electron chi connectivity index (χ1n) is 6.94. The van der Waals surface area contributed by atoms with Crippen molar-refractivity contribution in [3.05, 3.63) is 67.9 Å². The molecule has 0 radical (unpaired) electrons. The molecule has 21 heavy (non-hydrogen) atoms. The van der Waals surface area contributed by atoms with E-state index in [2.05, 4.69) is 69.2 Å². The van der Waals surface area contributed by atoms with Crippen molar-refractivity contribution >= 4 is 31.9 Å². The number of hydrogen-bond donors (Lipinski definition) is 1. The van der Waals surface area contributed by atoms with Gasteiger partial charge in [0, 0.05) is 10.5 Å². The average Bonchev–Trinajstić information content (AvgIpc) is 2.42. The highest BCUT2D eigenvalue weighted by molar-refractivity contribution is 9.10. The van der Waals surface area contributed by atoms with Gasteiger partial charge in [0.1, 0.15) is 5.82 Å². The molecule has 2 aromatic rings. The summed E-state index contributed by atoms with van der Waals surface area (Å²) in [5, 5.41) is 3.48. The zero-order valence-corrected chi connectivity index (χ0v) is 15.3. The summed E-state index contributed by atoms with van der Waals surface area (Å²) in [5.41, 5.74) is 3.39. The zero-order chi connectivity index (χ0) is 15.4.